The lowest BCUT2D eigenvalue weighted by Gasteiger charge is -2.51. The van der Waals surface area contributed by atoms with E-state index < -0.39 is 24.1 Å². The number of benzene rings is 1. The standard InChI is InChI=1S/C21H26N2O4/c1-27-21(26)18-14-9-16-19-13(12-4-2-3-5-15(12)22-19)6-7-23(16)10-11(14)8-17(24)20(18)25/h2-5,11,14,16-18,20,22,24-25H,6-10H2,1H3/t11-,14+,16-,17-,18+,20+/m1/s1. The molecule has 1 saturated carbocycles. The minimum atomic E-state index is -1.05. The number of nitrogens with zero attached hydrogens (tertiary/aromatic N) is 1. The van der Waals surface area contributed by atoms with Crippen LogP contribution < -0.4 is 0 Å². The number of para-hydroxylation sites is 1. The average molecular weight is 370 g/mol. The third-order valence-corrected chi connectivity index (χ3v) is 7.08. The largest absolute Gasteiger partial charge is 0.469 e. The second-order valence-electron chi connectivity index (χ2n) is 8.33. The monoisotopic (exact) mass is 370 g/mol. The van der Waals surface area contributed by atoms with Crippen molar-refractivity contribution in [1.82, 2.24) is 9.88 Å². The number of hydrogen-bond acceptors (Lipinski definition) is 5. The Morgan fingerprint density at radius 2 is 2.07 bits per heavy atom. The molecule has 0 radical (unpaired) electrons. The number of aromatic amines is 1. The van der Waals surface area contributed by atoms with E-state index in [1.165, 1.54) is 23.8 Å². The van der Waals surface area contributed by atoms with Gasteiger partial charge in [0.05, 0.1) is 31.3 Å². The van der Waals surface area contributed by atoms with Gasteiger partial charge in [-0.05, 0) is 42.7 Å². The highest BCUT2D eigenvalue weighted by Gasteiger charge is 2.52. The van der Waals surface area contributed by atoms with Gasteiger partial charge in [0.25, 0.3) is 0 Å². The molecule has 1 saturated heterocycles. The van der Waals surface area contributed by atoms with Gasteiger partial charge in [-0.3, -0.25) is 9.69 Å². The number of piperidine rings is 1. The van der Waals surface area contributed by atoms with Crippen molar-refractivity contribution >= 4 is 16.9 Å². The zero-order chi connectivity index (χ0) is 18.7. The van der Waals surface area contributed by atoms with Crippen LogP contribution in [0.1, 0.15) is 30.1 Å². The van der Waals surface area contributed by atoms with Gasteiger partial charge < -0.3 is 19.9 Å². The molecule has 3 N–H and O–H groups in total. The molecular formula is C21H26N2O4. The highest BCUT2D eigenvalue weighted by molar-refractivity contribution is 5.85. The van der Waals surface area contributed by atoms with Gasteiger partial charge in [0.2, 0.25) is 0 Å². The highest BCUT2D eigenvalue weighted by Crippen LogP contribution is 2.49. The Labute approximate surface area is 158 Å². The van der Waals surface area contributed by atoms with Crippen molar-refractivity contribution in [2.75, 3.05) is 20.2 Å². The SMILES string of the molecule is COC(=O)[C@@H]1[C@@H](O)[C@H](O)C[C@@H]2CN3CCc4c([nH]c5ccccc45)[C@H]3C[C@@H]21. The van der Waals surface area contributed by atoms with Crippen LogP contribution in [0.15, 0.2) is 24.3 Å². The van der Waals surface area contributed by atoms with Gasteiger partial charge in [0.15, 0.2) is 0 Å². The number of hydrogen-bond donors (Lipinski definition) is 3. The number of aliphatic hydroxyl groups is 2. The molecule has 3 aliphatic rings. The van der Waals surface area contributed by atoms with E-state index in [0.29, 0.717) is 6.42 Å². The van der Waals surface area contributed by atoms with Gasteiger partial charge in [0.1, 0.15) is 0 Å². The molecule has 6 nitrogen and oxygen atoms in total. The fourth-order valence-electron chi connectivity index (χ4n) is 5.82. The summed E-state index contributed by atoms with van der Waals surface area (Å²) >= 11 is 0. The Hall–Kier alpha value is -1.89. The molecule has 2 aromatic rings. The summed E-state index contributed by atoms with van der Waals surface area (Å²) in [6.45, 7) is 1.84. The van der Waals surface area contributed by atoms with Gasteiger partial charge in [-0.2, -0.15) is 0 Å². The minimum Gasteiger partial charge on any atom is -0.469 e. The number of aliphatic hydroxyl groups excluding tert-OH is 2. The van der Waals surface area contributed by atoms with Crippen molar-refractivity contribution in [3.05, 3.63) is 35.5 Å². The number of esters is 1. The summed E-state index contributed by atoms with van der Waals surface area (Å²) < 4.78 is 4.98. The molecule has 0 spiro atoms. The summed E-state index contributed by atoms with van der Waals surface area (Å²) in [5, 5.41) is 22.1. The first-order chi connectivity index (χ1) is 13.1. The Bertz CT molecular complexity index is 878. The fraction of sp³-hybridized carbons (Fsp3) is 0.571. The van der Waals surface area contributed by atoms with Crippen LogP contribution in [-0.2, 0) is 16.0 Å². The molecule has 144 valence electrons. The van der Waals surface area contributed by atoms with Gasteiger partial charge >= 0.3 is 5.97 Å². The summed E-state index contributed by atoms with van der Waals surface area (Å²) in [6, 6.07) is 8.62. The number of ether oxygens (including phenoxy) is 1. The lowest BCUT2D eigenvalue weighted by Crippen LogP contribution is -2.57. The number of fused-ring (bicyclic) bond motifs is 6. The highest BCUT2D eigenvalue weighted by atomic mass is 16.5. The van der Waals surface area contributed by atoms with Crippen molar-refractivity contribution in [3.8, 4) is 0 Å². The summed E-state index contributed by atoms with van der Waals surface area (Å²) in [4.78, 5) is 18.5. The van der Waals surface area contributed by atoms with E-state index in [0.717, 1.165) is 31.4 Å². The maximum atomic E-state index is 12.4. The number of nitrogens with one attached hydrogen (secondary N) is 1. The molecular weight excluding hydrogens is 344 g/mol. The molecule has 5 rings (SSSR count). The maximum absolute atomic E-state index is 12.4. The van der Waals surface area contributed by atoms with Gasteiger partial charge in [-0.25, -0.2) is 0 Å². The van der Waals surface area contributed by atoms with Crippen molar-refractivity contribution in [2.45, 2.75) is 37.5 Å². The lowest BCUT2D eigenvalue weighted by atomic mass is 9.64. The molecule has 1 aliphatic carbocycles. The van der Waals surface area contributed by atoms with Crippen LogP contribution in [0.5, 0.6) is 0 Å². The smallest absolute Gasteiger partial charge is 0.311 e. The molecule has 1 aromatic carbocycles. The quantitative estimate of drug-likeness (QED) is 0.664. The third-order valence-electron chi connectivity index (χ3n) is 7.08. The Morgan fingerprint density at radius 3 is 2.89 bits per heavy atom. The lowest BCUT2D eigenvalue weighted by molar-refractivity contribution is -0.171. The number of H-pyrrole nitrogens is 1. The topological polar surface area (TPSA) is 85.8 Å². The van der Waals surface area contributed by atoms with E-state index in [9.17, 15) is 15.0 Å². The molecule has 3 heterocycles. The van der Waals surface area contributed by atoms with E-state index in [4.69, 9.17) is 4.74 Å². The predicted molar refractivity (Wildman–Crippen MR) is 100 cm³/mol. The Kier molecular flexibility index (Phi) is 4.04. The maximum Gasteiger partial charge on any atom is 0.311 e. The van der Waals surface area contributed by atoms with Crippen LogP contribution in [0.2, 0.25) is 0 Å². The average Bonchev–Trinajstić information content (AvgIpc) is 3.06. The number of aromatic nitrogens is 1. The summed E-state index contributed by atoms with van der Waals surface area (Å²) in [5.41, 5.74) is 3.80. The van der Waals surface area contributed by atoms with Crippen molar-refractivity contribution < 1.29 is 19.7 Å². The fourth-order valence-corrected chi connectivity index (χ4v) is 5.82. The molecule has 0 unspecified atom stereocenters. The molecule has 1 aromatic heterocycles. The molecule has 6 heteroatoms. The van der Waals surface area contributed by atoms with Gasteiger partial charge in [-0.1, -0.05) is 18.2 Å². The molecule has 6 atom stereocenters. The van der Waals surface area contributed by atoms with Crippen LogP contribution in [0, 0.1) is 17.8 Å². The van der Waals surface area contributed by atoms with E-state index in [-0.39, 0.29) is 17.9 Å². The first-order valence-electron chi connectivity index (χ1n) is 9.86. The van der Waals surface area contributed by atoms with Crippen molar-refractivity contribution in [2.24, 2.45) is 17.8 Å². The van der Waals surface area contributed by atoms with Crippen LogP contribution in [-0.4, -0.2) is 58.5 Å². The zero-order valence-electron chi connectivity index (χ0n) is 15.5. The molecule has 2 aliphatic heterocycles. The summed E-state index contributed by atoms with van der Waals surface area (Å²) in [7, 11) is 1.36. The van der Waals surface area contributed by atoms with Crippen molar-refractivity contribution in [1.29, 1.82) is 0 Å². The number of rotatable bonds is 1. The van der Waals surface area contributed by atoms with Crippen LogP contribution >= 0.6 is 0 Å². The summed E-state index contributed by atoms with van der Waals surface area (Å²) in [5.74, 6) is -0.831. The second kappa shape index (κ2) is 6.33. The van der Waals surface area contributed by atoms with E-state index in [2.05, 4.69) is 28.1 Å². The Morgan fingerprint density at radius 1 is 1.26 bits per heavy atom. The number of methoxy groups -OCH3 is 1. The second-order valence-corrected chi connectivity index (χ2v) is 8.33. The molecule has 0 amide bonds. The van der Waals surface area contributed by atoms with E-state index in [1.807, 2.05) is 6.07 Å². The first-order valence-corrected chi connectivity index (χ1v) is 9.86. The first kappa shape index (κ1) is 17.2. The molecule has 0 bridgehead atoms. The van der Waals surface area contributed by atoms with Gasteiger partial charge in [-0.15, -0.1) is 0 Å². The minimum absolute atomic E-state index is 0.0227. The number of carbonyl (C=O) groups excluding carboxylic acids is 1. The van der Waals surface area contributed by atoms with Crippen LogP contribution in [0.4, 0.5) is 0 Å². The van der Waals surface area contributed by atoms with Crippen molar-refractivity contribution in [3.63, 3.8) is 0 Å². The van der Waals surface area contributed by atoms with Crippen LogP contribution in [0.25, 0.3) is 10.9 Å². The summed E-state index contributed by atoms with van der Waals surface area (Å²) in [6.07, 6.45) is 0.450. The zero-order valence-corrected chi connectivity index (χ0v) is 15.5. The third kappa shape index (κ3) is 2.54. The Balaban J connectivity index is 1.53. The van der Waals surface area contributed by atoms with Gasteiger partial charge in [0, 0.05) is 29.7 Å². The van der Waals surface area contributed by atoms with E-state index in [1.54, 1.807) is 0 Å². The number of carbonyl (C=O) groups is 1. The van der Waals surface area contributed by atoms with E-state index >= 15 is 0 Å². The molecule has 2 fully saturated rings. The normalized spacial score (nSPS) is 36.0. The molecule has 27 heavy (non-hydrogen) atoms. The van der Waals surface area contributed by atoms with Crippen LogP contribution in [0.3, 0.4) is 0 Å². The predicted octanol–water partition coefficient (Wildman–Crippen LogP) is 1.62.